The van der Waals surface area contributed by atoms with Crippen LogP contribution in [-0.4, -0.2) is 42.8 Å². The number of pyridine rings is 1. The van der Waals surface area contributed by atoms with Gasteiger partial charge in [0, 0.05) is 32.4 Å². The smallest absolute Gasteiger partial charge is 0.332 e. The summed E-state index contributed by atoms with van der Waals surface area (Å²) in [5.41, 5.74) is 6.78. The molecule has 1 atom stereocenters. The predicted molar refractivity (Wildman–Crippen MR) is 120 cm³/mol. The Balaban J connectivity index is 1.89. The summed E-state index contributed by atoms with van der Waals surface area (Å²) in [4.78, 5) is 37.5. The number of nitriles is 1. The molecule has 1 aliphatic rings. The second kappa shape index (κ2) is 8.69. The SMILES string of the molecule is CC#CCn1c(N2CCC[C@@H](N)C2)nc2c1c(=O)n(Cc1ccc(C#N)cn1)c(=O)n2C. The van der Waals surface area contributed by atoms with Crippen molar-refractivity contribution in [1.29, 1.82) is 5.26 Å². The van der Waals surface area contributed by atoms with E-state index < -0.39 is 11.2 Å². The van der Waals surface area contributed by atoms with Crippen molar-refractivity contribution in [2.45, 2.75) is 38.9 Å². The lowest BCUT2D eigenvalue weighted by atomic mass is 10.1. The molecule has 0 amide bonds. The molecule has 2 N–H and O–H groups in total. The van der Waals surface area contributed by atoms with Crippen molar-refractivity contribution < 1.29 is 0 Å². The summed E-state index contributed by atoms with van der Waals surface area (Å²) in [6.45, 7) is 3.40. The highest BCUT2D eigenvalue weighted by atomic mass is 16.2. The molecule has 0 spiro atoms. The maximum absolute atomic E-state index is 13.5. The second-order valence-corrected chi connectivity index (χ2v) is 7.83. The van der Waals surface area contributed by atoms with Gasteiger partial charge in [0.05, 0.1) is 24.3 Å². The number of aromatic nitrogens is 5. The number of anilines is 1. The Morgan fingerprint density at radius 2 is 2.09 bits per heavy atom. The van der Waals surface area contributed by atoms with Crippen molar-refractivity contribution >= 4 is 17.1 Å². The number of aryl methyl sites for hydroxylation is 1. The van der Waals surface area contributed by atoms with E-state index in [0.29, 0.717) is 34.9 Å². The molecule has 0 radical (unpaired) electrons. The second-order valence-electron chi connectivity index (χ2n) is 7.83. The molecular formula is C22H24N8O2. The molecule has 4 rings (SSSR count). The third-order valence-corrected chi connectivity index (χ3v) is 5.64. The maximum Gasteiger partial charge on any atom is 0.332 e. The summed E-state index contributed by atoms with van der Waals surface area (Å²) in [6, 6.07) is 5.27. The summed E-state index contributed by atoms with van der Waals surface area (Å²) in [5, 5.41) is 8.96. The normalized spacial score (nSPS) is 15.9. The van der Waals surface area contributed by atoms with Crippen LogP contribution in [0.15, 0.2) is 27.9 Å². The zero-order valence-electron chi connectivity index (χ0n) is 18.1. The highest BCUT2D eigenvalue weighted by Crippen LogP contribution is 2.22. The quantitative estimate of drug-likeness (QED) is 0.582. The first-order chi connectivity index (χ1) is 15.4. The molecule has 10 nitrogen and oxygen atoms in total. The summed E-state index contributed by atoms with van der Waals surface area (Å²) >= 11 is 0. The lowest BCUT2D eigenvalue weighted by Crippen LogP contribution is -2.44. The van der Waals surface area contributed by atoms with Gasteiger partial charge < -0.3 is 10.6 Å². The Morgan fingerprint density at radius 3 is 2.75 bits per heavy atom. The molecule has 0 aromatic carbocycles. The van der Waals surface area contributed by atoms with Crippen molar-refractivity contribution in [3.63, 3.8) is 0 Å². The van der Waals surface area contributed by atoms with Crippen LogP contribution < -0.4 is 21.9 Å². The van der Waals surface area contributed by atoms with E-state index in [9.17, 15) is 9.59 Å². The predicted octanol–water partition coefficient (Wildman–Crippen LogP) is 0.162. The van der Waals surface area contributed by atoms with Gasteiger partial charge in [-0.3, -0.25) is 23.5 Å². The molecule has 1 fully saturated rings. The molecule has 32 heavy (non-hydrogen) atoms. The van der Waals surface area contributed by atoms with Crippen LogP contribution in [0.1, 0.15) is 31.0 Å². The van der Waals surface area contributed by atoms with Crippen LogP contribution >= 0.6 is 0 Å². The van der Waals surface area contributed by atoms with Gasteiger partial charge in [0.25, 0.3) is 5.56 Å². The van der Waals surface area contributed by atoms with Gasteiger partial charge in [-0.25, -0.2) is 4.79 Å². The Bertz CT molecular complexity index is 1380. The van der Waals surface area contributed by atoms with E-state index in [2.05, 4.69) is 26.7 Å². The van der Waals surface area contributed by atoms with Gasteiger partial charge in [-0.15, -0.1) is 5.92 Å². The highest BCUT2D eigenvalue weighted by Gasteiger charge is 2.26. The molecule has 0 saturated carbocycles. The van der Waals surface area contributed by atoms with Crippen molar-refractivity contribution in [2.24, 2.45) is 12.8 Å². The van der Waals surface area contributed by atoms with Crippen molar-refractivity contribution in [2.75, 3.05) is 18.0 Å². The zero-order chi connectivity index (χ0) is 22.8. The Kier molecular flexibility index (Phi) is 5.80. The Labute approximate surface area is 184 Å². The standard InChI is InChI=1S/C22H24N8O2/c1-3-4-10-29-18-19(26-21(29)28-9-5-6-16(24)13-28)27(2)22(32)30(20(18)31)14-17-8-7-15(11-23)12-25-17/h7-8,12,16H,5-6,9-10,13-14,24H2,1-2H3/t16-/m1/s1. The summed E-state index contributed by atoms with van der Waals surface area (Å²) in [5.74, 6) is 6.47. The van der Waals surface area contributed by atoms with Crippen LogP contribution in [0.4, 0.5) is 5.95 Å². The van der Waals surface area contributed by atoms with Gasteiger partial charge in [0.1, 0.15) is 6.07 Å². The van der Waals surface area contributed by atoms with E-state index >= 15 is 0 Å². The van der Waals surface area contributed by atoms with Gasteiger partial charge in [-0.1, -0.05) is 5.92 Å². The minimum absolute atomic E-state index is 0.0122. The molecule has 1 saturated heterocycles. The number of nitrogens with zero attached hydrogens (tertiary/aromatic N) is 7. The third kappa shape index (κ3) is 3.77. The molecule has 0 unspecified atom stereocenters. The van der Waals surface area contributed by atoms with E-state index in [4.69, 9.17) is 11.0 Å². The van der Waals surface area contributed by atoms with Crippen LogP contribution in [0.2, 0.25) is 0 Å². The van der Waals surface area contributed by atoms with E-state index in [1.807, 2.05) is 6.07 Å². The van der Waals surface area contributed by atoms with Gasteiger partial charge in [-0.2, -0.15) is 10.2 Å². The molecule has 4 heterocycles. The van der Waals surface area contributed by atoms with Gasteiger partial charge in [-0.05, 0) is 31.9 Å². The largest absolute Gasteiger partial charge is 0.341 e. The number of hydrogen-bond donors (Lipinski definition) is 1. The lowest BCUT2D eigenvalue weighted by molar-refractivity contribution is 0.496. The van der Waals surface area contributed by atoms with Crippen LogP contribution in [0.25, 0.3) is 11.2 Å². The van der Waals surface area contributed by atoms with E-state index in [-0.39, 0.29) is 19.1 Å². The van der Waals surface area contributed by atoms with E-state index in [0.717, 1.165) is 24.0 Å². The molecule has 0 bridgehead atoms. The summed E-state index contributed by atoms with van der Waals surface area (Å²) < 4.78 is 4.29. The van der Waals surface area contributed by atoms with Crippen molar-refractivity contribution in [3.05, 3.63) is 50.4 Å². The number of hydrogen-bond acceptors (Lipinski definition) is 7. The highest BCUT2D eigenvalue weighted by molar-refractivity contribution is 5.75. The maximum atomic E-state index is 13.5. The molecule has 3 aromatic rings. The molecule has 10 heteroatoms. The van der Waals surface area contributed by atoms with Crippen LogP contribution in [-0.2, 0) is 20.1 Å². The first kappa shape index (κ1) is 21.3. The number of nitrogens with two attached hydrogens (primary N) is 1. The average molecular weight is 432 g/mol. The van der Waals surface area contributed by atoms with E-state index in [1.165, 1.54) is 10.8 Å². The summed E-state index contributed by atoms with van der Waals surface area (Å²) in [6.07, 6.45) is 3.29. The molecule has 164 valence electrons. The monoisotopic (exact) mass is 432 g/mol. The minimum Gasteiger partial charge on any atom is -0.341 e. The Morgan fingerprint density at radius 1 is 1.28 bits per heavy atom. The van der Waals surface area contributed by atoms with Crippen molar-refractivity contribution in [1.82, 2.24) is 23.7 Å². The Hall–Kier alpha value is -3.89. The van der Waals surface area contributed by atoms with Gasteiger partial charge in [0.15, 0.2) is 11.2 Å². The first-order valence-corrected chi connectivity index (χ1v) is 10.4. The summed E-state index contributed by atoms with van der Waals surface area (Å²) in [7, 11) is 1.60. The molecule has 3 aromatic heterocycles. The van der Waals surface area contributed by atoms with Gasteiger partial charge in [0.2, 0.25) is 5.95 Å². The zero-order valence-corrected chi connectivity index (χ0v) is 18.1. The average Bonchev–Trinajstić information content (AvgIpc) is 3.19. The number of rotatable bonds is 4. The fourth-order valence-corrected chi connectivity index (χ4v) is 3.99. The number of piperidine rings is 1. The molecular weight excluding hydrogens is 408 g/mol. The molecule has 1 aliphatic heterocycles. The van der Waals surface area contributed by atoms with Gasteiger partial charge >= 0.3 is 5.69 Å². The van der Waals surface area contributed by atoms with Crippen LogP contribution in [0, 0.1) is 23.2 Å². The lowest BCUT2D eigenvalue weighted by Gasteiger charge is -2.31. The third-order valence-electron chi connectivity index (χ3n) is 5.64. The minimum atomic E-state index is -0.484. The fraction of sp³-hybridized carbons (Fsp3) is 0.409. The van der Waals surface area contributed by atoms with Crippen molar-refractivity contribution in [3.8, 4) is 17.9 Å². The van der Waals surface area contributed by atoms with Crippen LogP contribution in [0.5, 0.6) is 0 Å². The first-order valence-electron chi connectivity index (χ1n) is 10.4. The topological polar surface area (TPSA) is 128 Å². The van der Waals surface area contributed by atoms with Crippen LogP contribution in [0.3, 0.4) is 0 Å². The number of fused-ring (bicyclic) bond motifs is 1. The fourth-order valence-electron chi connectivity index (χ4n) is 3.99. The molecule has 0 aliphatic carbocycles. The van der Waals surface area contributed by atoms with E-state index in [1.54, 1.807) is 30.7 Å². The number of imidazole rings is 1.